The van der Waals surface area contributed by atoms with Crippen molar-refractivity contribution in [2.45, 2.75) is 46.1 Å². The van der Waals surface area contributed by atoms with Gasteiger partial charge in [-0.15, -0.1) is 0 Å². The van der Waals surface area contributed by atoms with Gasteiger partial charge in [0.1, 0.15) is 0 Å². The third-order valence-electron chi connectivity index (χ3n) is 3.21. The van der Waals surface area contributed by atoms with Crippen LogP contribution in [0.3, 0.4) is 0 Å². The largest absolute Gasteiger partial charge is 0.298 e. The summed E-state index contributed by atoms with van der Waals surface area (Å²) >= 11 is 0. The fourth-order valence-electron chi connectivity index (χ4n) is 1.93. The van der Waals surface area contributed by atoms with Crippen LogP contribution in [-0.2, 0) is 12.0 Å². The molecule has 18 heavy (non-hydrogen) atoms. The van der Waals surface area contributed by atoms with Crippen molar-refractivity contribution in [3.63, 3.8) is 0 Å². The van der Waals surface area contributed by atoms with Crippen LogP contribution >= 0.6 is 0 Å². The first-order valence-corrected chi connectivity index (χ1v) is 6.66. The van der Waals surface area contributed by atoms with E-state index in [9.17, 15) is 0 Å². The molecule has 0 radical (unpaired) electrons. The zero-order chi connectivity index (χ0) is 13.6. The van der Waals surface area contributed by atoms with Gasteiger partial charge >= 0.3 is 0 Å². The molecule has 0 fully saturated rings. The second-order valence-electron chi connectivity index (χ2n) is 5.72. The van der Waals surface area contributed by atoms with Gasteiger partial charge in [-0.2, -0.15) is 5.26 Å². The predicted molar refractivity (Wildman–Crippen MR) is 76.3 cm³/mol. The van der Waals surface area contributed by atoms with Crippen molar-refractivity contribution in [1.29, 1.82) is 5.26 Å². The minimum atomic E-state index is 0.212. The van der Waals surface area contributed by atoms with Gasteiger partial charge in [-0.05, 0) is 23.1 Å². The highest BCUT2D eigenvalue weighted by Crippen LogP contribution is 2.22. The molecular formula is C16H24N2. The van der Waals surface area contributed by atoms with Crippen LogP contribution in [-0.4, -0.2) is 18.0 Å². The molecule has 0 saturated heterocycles. The van der Waals surface area contributed by atoms with Gasteiger partial charge in [0, 0.05) is 19.5 Å². The van der Waals surface area contributed by atoms with E-state index in [4.69, 9.17) is 5.26 Å². The lowest BCUT2D eigenvalue weighted by molar-refractivity contribution is 0.286. The van der Waals surface area contributed by atoms with Gasteiger partial charge in [0.05, 0.1) is 6.07 Å². The van der Waals surface area contributed by atoms with Crippen molar-refractivity contribution in [3.05, 3.63) is 35.4 Å². The minimum absolute atomic E-state index is 0.212. The monoisotopic (exact) mass is 244 g/mol. The summed E-state index contributed by atoms with van der Waals surface area (Å²) in [6.45, 7) is 11.6. The molecule has 0 aliphatic rings. The molecule has 1 aromatic rings. The van der Waals surface area contributed by atoms with E-state index in [1.165, 1.54) is 11.1 Å². The summed E-state index contributed by atoms with van der Waals surface area (Å²) in [5.74, 6) is 0. The highest BCUT2D eigenvalue weighted by molar-refractivity contribution is 5.27. The van der Waals surface area contributed by atoms with Gasteiger partial charge in [0.25, 0.3) is 0 Å². The molecule has 0 aliphatic heterocycles. The van der Waals surface area contributed by atoms with E-state index in [1.54, 1.807) is 0 Å². The first kappa shape index (κ1) is 14.7. The average molecular weight is 244 g/mol. The van der Waals surface area contributed by atoms with Crippen LogP contribution in [0.4, 0.5) is 0 Å². The van der Waals surface area contributed by atoms with Crippen LogP contribution in [0.5, 0.6) is 0 Å². The molecule has 0 bridgehead atoms. The number of hydrogen-bond donors (Lipinski definition) is 0. The second-order valence-corrected chi connectivity index (χ2v) is 5.72. The zero-order valence-corrected chi connectivity index (χ0v) is 12.0. The average Bonchev–Trinajstić information content (AvgIpc) is 2.34. The van der Waals surface area contributed by atoms with E-state index < -0.39 is 0 Å². The Hall–Kier alpha value is -1.33. The van der Waals surface area contributed by atoms with Gasteiger partial charge in [0.15, 0.2) is 0 Å². The molecule has 98 valence electrons. The van der Waals surface area contributed by atoms with Gasteiger partial charge in [0.2, 0.25) is 0 Å². The predicted octanol–water partition coefficient (Wildman–Crippen LogP) is 3.72. The molecule has 0 saturated carbocycles. The molecule has 1 rings (SSSR count). The lowest BCUT2D eigenvalue weighted by atomic mass is 9.87. The van der Waals surface area contributed by atoms with Crippen LogP contribution in [0, 0.1) is 11.3 Å². The molecule has 0 heterocycles. The molecule has 1 aromatic carbocycles. The van der Waals surface area contributed by atoms with Crippen molar-refractivity contribution in [1.82, 2.24) is 4.90 Å². The quantitative estimate of drug-likeness (QED) is 0.789. The molecule has 0 aliphatic carbocycles. The Kier molecular flexibility index (Phi) is 5.37. The Morgan fingerprint density at radius 3 is 2.22 bits per heavy atom. The fraction of sp³-hybridized carbons (Fsp3) is 0.562. The molecular weight excluding hydrogens is 220 g/mol. The third kappa shape index (κ3) is 4.50. The summed E-state index contributed by atoms with van der Waals surface area (Å²) < 4.78 is 0. The van der Waals surface area contributed by atoms with Crippen molar-refractivity contribution in [2.24, 2.45) is 0 Å². The molecule has 0 atom stereocenters. The highest BCUT2D eigenvalue weighted by Gasteiger charge is 2.13. The van der Waals surface area contributed by atoms with E-state index in [2.05, 4.69) is 62.9 Å². The van der Waals surface area contributed by atoms with Crippen molar-refractivity contribution < 1.29 is 0 Å². The Morgan fingerprint density at radius 2 is 1.78 bits per heavy atom. The van der Waals surface area contributed by atoms with Crippen molar-refractivity contribution >= 4 is 0 Å². The van der Waals surface area contributed by atoms with E-state index in [0.717, 1.165) is 19.6 Å². The second kappa shape index (κ2) is 6.56. The van der Waals surface area contributed by atoms with E-state index in [-0.39, 0.29) is 5.41 Å². The van der Waals surface area contributed by atoms with E-state index in [1.807, 2.05) is 0 Å². The fourth-order valence-corrected chi connectivity index (χ4v) is 1.93. The van der Waals surface area contributed by atoms with Crippen LogP contribution in [0.2, 0.25) is 0 Å². The maximum absolute atomic E-state index is 8.63. The third-order valence-corrected chi connectivity index (χ3v) is 3.21. The van der Waals surface area contributed by atoms with Gasteiger partial charge in [-0.3, -0.25) is 4.90 Å². The molecule has 2 heteroatoms. The number of benzene rings is 1. The first-order valence-electron chi connectivity index (χ1n) is 6.66. The van der Waals surface area contributed by atoms with Crippen LogP contribution in [0.1, 0.15) is 45.2 Å². The van der Waals surface area contributed by atoms with Gasteiger partial charge < -0.3 is 0 Å². The minimum Gasteiger partial charge on any atom is -0.298 e. The Bertz CT molecular complexity index is 393. The molecule has 2 nitrogen and oxygen atoms in total. The smallest absolute Gasteiger partial charge is 0.0635 e. The van der Waals surface area contributed by atoms with Gasteiger partial charge in [-0.1, -0.05) is 52.0 Å². The SMILES string of the molecule is CCN(CCC#N)Cc1ccc(C(C)(C)C)cc1. The summed E-state index contributed by atoms with van der Waals surface area (Å²) in [6, 6.07) is 11.0. The Labute approximate surface area is 111 Å². The number of rotatable bonds is 5. The zero-order valence-electron chi connectivity index (χ0n) is 12.0. The molecule has 0 amide bonds. The first-order chi connectivity index (χ1) is 8.47. The molecule has 0 unspecified atom stereocenters. The van der Waals surface area contributed by atoms with Crippen molar-refractivity contribution in [2.75, 3.05) is 13.1 Å². The topological polar surface area (TPSA) is 27.0 Å². The lowest BCUT2D eigenvalue weighted by Crippen LogP contribution is -2.23. The summed E-state index contributed by atoms with van der Waals surface area (Å²) in [7, 11) is 0. The number of nitriles is 1. The van der Waals surface area contributed by atoms with Crippen molar-refractivity contribution in [3.8, 4) is 6.07 Å². The molecule has 0 spiro atoms. The maximum atomic E-state index is 8.63. The van der Waals surface area contributed by atoms with Crippen LogP contribution in [0.15, 0.2) is 24.3 Å². The Morgan fingerprint density at radius 1 is 1.17 bits per heavy atom. The van der Waals surface area contributed by atoms with E-state index in [0.29, 0.717) is 6.42 Å². The lowest BCUT2D eigenvalue weighted by Gasteiger charge is -2.21. The Balaban J connectivity index is 2.65. The number of hydrogen-bond acceptors (Lipinski definition) is 2. The molecule has 0 N–H and O–H groups in total. The standard InChI is InChI=1S/C16H24N2/c1-5-18(12-6-11-17)13-14-7-9-15(10-8-14)16(2,3)4/h7-10H,5-6,12-13H2,1-4H3. The number of nitrogens with zero attached hydrogens (tertiary/aromatic N) is 2. The van der Waals surface area contributed by atoms with Crippen LogP contribution < -0.4 is 0 Å². The van der Waals surface area contributed by atoms with Crippen LogP contribution in [0.25, 0.3) is 0 Å². The van der Waals surface area contributed by atoms with Gasteiger partial charge in [-0.25, -0.2) is 0 Å². The maximum Gasteiger partial charge on any atom is 0.0635 e. The highest BCUT2D eigenvalue weighted by atomic mass is 15.1. The van der Waals surface area contributed by atoms with E-state index >= 15 is 0 Å². The summed E-state index contributed by atoms with van der Waals surface area (Å²) in [4.78, 5) is 2.30. The summed E-state index contributed by atoms with van der Waals surface area (Å²) in [5, 5.41) is 8.63. The summed E-state index contributed by atoms with van der Waals surface area (Å²) in [5.41, 5.74) is 2.90. The molecule has 0 aromatic heterocycles. The normalized spacial score (nSPS) is 11.6. The summed E-state index contributed by atoms with van der Waals surface area (Å²) in [6.07, 6.45) is 0.605.